The van der Waals surface area contributed by atoms with Gasteiger partial charge in [-0.2, -0.15) is 4.98 Å². The van der Waals surface area contributed by atoms with E-state index in [1.54, 1.807) is 43.3 Å². The van der Waals surface area contributed by atoms with E-state index in [0.29, 0.717) is 36.4 Å². The molecule has 1 aromatic carbocycles. The molecule has 2 amide bonds. The van der Waals surface area contributed by atoms with Gasteiger partial charge in [-0.05, 0) is 61.6 Å². The van der Waals surface area contributed by atoms with Crippen LogP contribution in [0, 0.1) is 11.8 Å². The topological polar surface area (TPSA) is 75.2 Å². The molecular weight excluding hydrogens is 554 g/mol. The van der Waals surface area contributed by atoms with Crippen molar-refractivity contribution in [3.63, 3.8) is 0 Å². The molecule has 2 aliphatic heterocycles. The summed E-state index contributed by atoms with van der Waals surface area (Å²) in [6.45, 7) is 6.74. The van der Waals surface area contributed by atoms with Crippen molar-refractivity contribution in [1.82, 2.24) is 14.8 Å². The summed E-state index contributed by atoms with van der Waals surface area (Å²) in [4.78, 5) is 36.1. The van der Waals surface area contributed by atoms with Gasteiger partial charge >= 0.3 is 0 Å². The average Bonchev–Trinajstić information content (AvgIpc) is 3.01. The minimum absolute atomic E-state index is 0.147. The second kappa shape index (κ2) is 13.8. The molecule has 2 saturated heterocycles. The van der Waals surface area contributed by atoms with E-state index in [-0.39, 0.29) is 18.1 Å². The minimum Gasteiger partial charge on any atom is -0.480 e. The molecule has 234 valence electrons. The molecule has 0 unspecified atom stereocenters. The molecule has 10 heteroatoms. The molecule has 0 spiro atoms. The summed E-state index contributed by atoms with van der Waals surface area (Å²) in [5.74, 6) is -2.20. The van der Waals surface area contributed by atoms with Crippen molar-refractivity contribution in [1.29, 1.82) is 0 Å². The molecule has 0 bridgehead atoms. The third-order valence-corrected chi connectivity index (χ3v) is 8.70. The van der Waals surface area contributed by atoms with Gasteiger partial charge in [0.2, 0.25) is 11.5 Å². The standard InChI is InChI=1S/C33H44F2N4O4/c1-6-22-43-33(32(2,34)35,26-10-8-7-9-11-26)31(41)39-20-16-25(17-21-39)23-24-14-18-38(19-15-24)28-13-12-27(29(36-28)42-5)30(40)37(3)4/h6-13,24-25H,1,14-23H2,2-5H3/t33-/m1/s1. The maximum Gasteiger partial charge on any atom is 0.287 e. The van der Waals surface area contributed by atoms with Crippen molar-refractivity contribution in [2.75, 3.05) is 58.9 Å². The molecule has 0 N–H and O–H groups in total. The Kier molecular flexibility index (Phi) is 10.4. The molecule has 2 fully saturated rings. The number of pyridine rings is 1. The van der Waals surface area contributed by atoms with Crippen molar-refractivity contribution in [3.05, 3.63) is 66.2 Å². The van der Waals surface area contributed by atoms with Crippen LogP contribution in [0.25, 0.3) is 0 Å². The molecular formula is C33H44F2N4O4. The van der Waals surface area contributed by atoms with Crippen molar-refractivity contribution in [2.24, 2.45) is 11.8 Å². The molecule has 43 heavy (non-hydrogen) atoms. The molecule has 0 saturated carbocycles. The van der Waals surface area contributed by atoms with Crippen LogP contribution in [0.4, 0.5) is 14.6 Å². The maximum atomic E-state index is 15.3. The molecule has 1 atom stereocenters. The Morgan fingerprint density at radius 3 is 2.16 bits per heavy atom. The summed E-state index contributed by atoms with van der Waals surface area (Å²) in [7, 11) is 4.92. The third-order valence-electron chi connectivity index (χ3n) is 8.70. The first-order chi connectivity index (χ1) is 20.5. The smallest absolute Gasteiger partial charge is 0.287 e. The maximum absolute atomic E-state index is 15.3. The number of alkyl halides is 2. The van der Waals surface area contributed by atoms with Crippen LogP contribution in [-0.4, -0.2) is 86.5 Å². The number of carbonyl (C=O) groups excluding carboxylic acids is 2. The van der Waals surface area contributed by atoms with Gasteiger partial charge in [0.1, 0.15) is 11.4 Å². The number of likely N-dealkylation sites (tertiary alicyclic amines) is 1. The molecule has 2 aromatic rings. The fraction of sp³-hybridized carbons (Fsp3) is 0.545. The van der Waals surface area contributed by atoms with Gasteiger partial charge < -0.3 is 24.2 Å². The Hall–Kier alpha value is -3.53. The van der Waals surface area contributed by atoms with Gasteiger partial charge in [-0.3, -0.25) is 9.59 Å². The summed E-state index contributed by atoms with van der Waals surface area (Å²) in [5.41, 5.74) is -1.82. The number of carbonyl (C=O) groups is 2. The van der Waals surface area contributed by atoms with Crippen LogP contribution in [0.5, 0.6) is 5.88 Å². The van der Waals surface area contributed by atoms with Crippen LogP contribution < -0.4 is 9.64 Å². The lowest BCUT2D eigenvalue weighted by Crippen LogP contribution is -2.59. The predicted molar refractivity (Wildman–Crippen MR) is 163 cm³/mol. The summed E-state index contributed by atoms with van der Waals surface area (Å²) in [6, 6.07) is 11.7. The second-order valence-electron chi connectivity index (χ2n) is 11.9. The normalized spacial score (nSPS) is 18.2. The molecule has 0 radical (unpaired) electrons. The Bertz CT molecular complexity index is 1250. The number of ether oxygens (including phenoxy) is 2. The van der Waals surface area contributed by atoms with Gasteiger partial charge in [-0.25, -0.2) is 8.78 Å². The van der Waals surface area contributed by atoms with E-state index < -0.39 is 17.4 Å². The molecule has 1 aromatic heterocycles. The number of benzene rings is 1. The van der Waals surface area contributed by atoms with Crippen LogP contribution in [0.15, 0.2) is 55.1 Å². The zero-order chi connectivity index (χ0) is 31.2. The number of aromatic nitrogens is 1. The van der Waals surface area contributed by atoms with Gasteiger partial charge in [0.05, 0.1) is 13.7 Å². The van der Waals surface area contributed by atoms with Gasteiger partial charge in [0.25, 0.3) is 17.7 Å². The first-order valence-electron chi connectivity index (χ1n) is 15.0. The van der Waals surface area contributed by atoms with E-state index in [4.69, 9.17) is 9.47 Å². The SMILES string of the molecule is C=CCO[C@@](C(=O)N1CCC(CC2CCN(c3ccc(C(=O)N(C)C)c(OC)n3)CC2)CC1)(c1ccccc1)C(C)(F)F. The summed E-state index contributed by atoms with van der Waals surface area (Å²) in [6.07, 6.45) is 6.00. The summed E-state index contributed by atoms with van der Waals surface area (Å²) < 4.78 is 41.7. The summed E-state index contributed by atoms with van der Waals surface area (Å²) >= 11 is 0. The van der Waals surface area contributed by atoms with Crippen LogP contribution >= 0.6 is 0 Å². The number of piperidine rings is 2. The van der Waals surface area contributed by atoms with Crippen molar-refractivity contribution < 1.29 is 27.8 Å². The van der Waals surface area contributed by atoms with Crippen molar-refractivity contribution in [3.8, 4) is 5.88 Å². The second-order valence-corrected chi connectivity index (χ2v) is 11.9. The molecule has 8 nitrogen and oxygen atoms in total. The zero-order valence-corrected chi connectivity index (χ0v) is 25.7. The Labute approximate surface area is 253 Å². The monoisotopic (exact) mass is 598 g/mol. The summed E-state index contributed by atoms with van der Waals surface area (Å²) in [5, 5.41) is 0. The van der Waals surface area contributed by atoms with Crippen LogP contribution in [0.1, 0.15) is 54.9 Å². The highest BCUT2D eigenvalue weighted by Gasteiger charge is 2.60. The minimum atomic E-state index is -3.44. The number of nitrogens with zero attached hydrogens (tertiary/aromatic N) is 4. The lowest BCUT2D eigenvalue weighted by molar-refractivity contribution is -0.214. The van der Waals surface area contributed by atoms with Gasteiger partial charge in [0.15, 0.2) is 0 Å². The van der Waals surface area contributed by atoms with Gasteiger partial charge in [0, 0.05) is 47.2 Å². The average molecular weight is 599 g/mol. The number of halogens is 2. The highest BCUT2D eigenvalue weighted by Crippen LogP contribution is 2.43. The third kappa shape index (κ3) is 7.00. The zero-order valence-electron chi connectivity index (χ0n) is 25.7. The van der Waals surface area contributed by atoms with Crippen molar-refractivity contribution >= 4 is 17.6 Å². The number of hydrogen-bond donors (Lipinski definition) is 0. The van der Waals surface area contributed by atoms with Crippen LogP contribution in [0.3, 0.4) is 0 Å². The fourth-order valence-electron chi connectivity index (χ4n) is 6.32. The Morgan fingerprint density at radius 1 is 1.02 bits per heavy atom. The molecule has 0 aliphatic carbocycles. The number of amides is 2. The number of methoxy groups -OCH3 is 1. The highest BCUT2D eigenvalue weighted by molar-refractivity contribution is 5.96. The number of anilines is 1. The van der Waals surface area contributed by atoms with E-state index >= 15 is 8.78 Å². The first-order valence-corrected chi connectivity index (χ1v) is 15.0. The molecule has 2 aliphatic rings. The first kappa shape index (κ1) is 32.4. The number of hydrogen-bond acceptors (Lipinski definition) is 6. The fourth-order valence-corrected chi connectivity index (χ4v) is 6.32. The molecule has 4 rings (SSSR count). The molecule has 3 heterocycles. The highest BCUT2D eigenvalue weighted by atomic mass is 19.3. The predicted octanol–water partition coefficient (Wildman–Crippen LogP) is 5.39. The van der Waals surface area contributed by atoms with Gasteiger partial charge in [-0.15, -0.1) is 6.58 Å². The number of rotatable bonds is 11. The van der Waals surface area contributed by atoms with E-state index in [2.05, 4.69) is 16.5 Å². The van der Waals surface area contributed by atoms with Crippen molar-refractivity contribution in [2.45, 2.75) is 50.6 Å². The van der Waals surface area contributed by atoms with Gasteiger partial charge in [-0.1, -0.05) is 36.4 Å². The van der Waals surface area contributed by atoms with E-state index in [1.165, 1.54) is 30.2 Å². The Balaban J connectivity index is 1.34. The lowest BCUT2D eigenvalue weighted by Gasteiger charge is -2.43. The van der Waals surface area contributed by atoms with E-state index in [1.807, 2.05) is 6.07 Å². The Morgan fingerprint density at radius 2 is 1.63 bits per heavy atom. The van der Waals surface area contributed by atoms with E-state index in [9.17, 15) is 9.59 Å². The van der Waals surface area contributed by atoms with Crippen LogP contribution in [0.2, 0.25) is 0 Å². The van der Waals surface area contributed by atoms with E-state index in [0.717, 1.165) is 57.9 Å². The quantitative estimate of drug-likeness (QED) is 0.323. The lowest BCUT2D eigenvalue weighted by atomic mass is 9.81. The van der Waals surface area contributed by atoms with Crippen LogP contribution in [-0.2, 0) is 15.1 Å². The largest absolute Gasteiger partial charge is 0.480 e.